The monoisotopic (exact) mass is 236 g/mol. The van der Waals surface area contributed by atoms with Crippen molar-refractivity contribution < 1.29 is 4.74 Å². The van der Waals surface area contributed by atoms with Crippen molar-refractivity contribution in [1.29, 1.82) is 0 Å². The summed E-state index contributed by atoms with van der Waals surface area (Å²) in [7, 11) is 0. The smallest absolute Gasteiger partial charge is 0.146 e. The van der Waals surface area contributed by atoms with Crippen molar-refractivity contribution >= 4 is 0 Å². The summed E-state index contributed by atoms with van der Waals surface area (Å²) in [6.07, 6.45) is 8.27. The van der Waals surface area contributed by atoms with E-state index in [2.05, 4.69) is 15.4 Å². The molecule has 0 amide bonds. The molecule has 0 aliphatic carbocycles. The van der Waals surface area contributed by atoms with E-state index in [1.54, 1.807) is 0 Å². The van der Waals surface area contributed by atoms with E-state index in [1.807, 2.05) is 19.3 Å². The molecule has 0 spiro atoms. The SMILES string of the molecule is Cc1cnc(C(CCC2CCCO2)NN)nc1. The van der Waals surface area contributed by atoms with Crippen LogP contribution in [0.1, 0.15) is 43.1 Å². The van der Waals surface area contributed by atoms with Gasteiger partial charge in [-0.2, -0.15) is 0 Å². The fraction of sp³-hybridized carbons (Fsp3) is 0.667. The number of nitrogens with two attached hydrogens (primary N) is 1. The molecule has 1 fully saturated rings. The van der Waals surface area contributed by atoms with Gasteiger partial charge in [-0.15, -0.1) is 0 Å². The van der Waals surface area contributed by atoms with Crippen molar-refractivity contribution in [1.82, 2.24) is 15.4 Å². The summed E-state index contributed by atoms with van der Waals surface area (Å²) in [5.74, 6) is 6.32. The van der Waals surface area contributed by atoms with Gasteiger partial charge in [-0.1, -0.05) is 0 Å². The Balaban J connectivity index is 1.89. The highest BCUT2D eigenvalue weighted by Crippen LogP contribution is 2.21. The van der Waals surface area contributed by atoms with E-state index in [9.17, 15) is 0 Å². The van der Waals surface area contributed by atoms with E-state index in [0.717, 1.165) is 37.3 Å². The highest BCUT2D eigenvalue weighted by Gasteiger charge is 2.19. The van der Waals surface area contributed by atoms with Gasteiger partial charge in [0.15, 0.2) is 0 Å². The molecule has 0 aromatic carbocycles. The third kappa shape index (κ3) is 3.46. The number of hydrazine groups is 1. The number of nitrogens with zero attached hydrogens (tertiary/aromatic N) is 2. The average molecular weight is 236 g/mol. The molecule has 1 aromatic rings. The Morgan fingerprint density at radius 1 is 1.53 bits per heavy atom. The third-order valence-electron chi connectivity index (χ3n) is 3.12. The summed E-state index contributed by atoms with van der Waals surface area (Å²) in [6, 6.07) is 0.0137. The molecule has 5 nitrogen and oxygen atoms in total. The lowest BCUT2D eigenvalue weighted by Crippen LogP contribution is -2.30. The second-order valence-electron chi connectivity index (χ2n) is 4.55. The second-order valence-corrected chi connectivity index (χ2v) is 4.55. The van der Waals surface area contributed by atoms with Crippen LogP contribution in [0.3, 0.4) is 0 Å². The maximum Gasteiger partial charge on any atom is 0.146 e. The molecule has 17 heavy (non-hydrogen) atoms. The van der Waals surface area contributed by atoms with Gasteiger partial charge in [-0.3, -0.25) is 5.84 Å². The van der Waals surface area contributed by atoms with Crippen molar-refractivity contribution in [2.45, 2.75) is 44.8 Å². The van der Waals surface area contributed by atoms with Gasteiger partial charge in [0.1, 0.15) is 5.82 Å². The highest BCUT2D eigenvalue weighted by atomic mass is 16.5. The zero-order valence-electron chi connectivity index (χ0n) is 10.2. The molecule has 5 heteroatoms. The maximum atomic E-state index is 5.59. The summed E-state index contributed by atoms with van der Waals surface area (Å²) < 4.78 is 5.59. The Kier molecular flexibility index (Phi) is 4.42. The molecule has 3 N–H and O–H groups in total. The number of ether oxygens (including phenoxy) is 1. The van der Waals surface area contributed by atoms with Gasteiger partial charge < -0.3 is 4.74 Å². The van der Waals surface area contributed by atoms with Gasteiger partial charge in [0.05, 0.1) is 12.1 Å². The minimum absolute atomic E-state index is 0.0137. The van der Waals surface area contributed by atoms with Crippen LogP contribution in [-0.4, -0.2) is 22.7 Å². The first-order valence-corrected chi connectivity index (χ1v) is 6.16. The number of nitrogens with one attached hydrogen (secondary N) is 1. The number of hydrogen-bond acceptors (Lipinski definition) is 5. The number of rotatable bonds is 5. The Labute approximate surface area is 102 Å². The highest BCUT2D eigenvalue weighted by molar-refractivity contribution is 5.04. The standard InChI is InChI=1S/C12H20N4O/c1-9-7-14-12(15-8-9)11(16-13)5-4-10-3-2-6-17-10/h7-8,10-11,16H,2-6,13H2,1H3. The summed E-state index contributed by atoms with van der Waals surface area (Å²) >= 11 is 0. The molecule has 2 unspecified atom stereocenters. The Hall–Kier alpha value is -1.04. The van der Waals surface area contributed by atoms with Crippen LogP contribution < -0.4 is 11.3 Å². The summed E-state index contributed by atoms with van der Waals surface area (Å²) in [4.78, 5) is 8.60. The average Bonchev–Trinajstić information content (AvgIpc) is 2.85. The van der Waals surface area contributed by atoms with Gasteiger partial charge in [-0.25, -0.2) is 15.4 Å². The lowest BCUT2D eigenvalue weighted by Gasteiger charge is -2.16. The van der Waals surface area contributed by atoms with Crippen molar-refractivity contribution in [3.8, 4) is 0 Å². The van der Waals surface area contributed by atoms with Gasteiger partial charge in [0.2, 0.25) is 0 Å². The number of hydrogen-bond donors (Lipinski definition) is 2. The Morgan fingerprint density at radius 2 is 2.29 bits per heavy atom. The molecule has 94 valence electrons. The molecule has 1 aliphatic rings. The molecular weight excluding hydrogens is 216 g/mol. The van der Waals surface area contributed by atoms with Crippen LogP contribution in [0.4, 0.5) is 0 Å². The molecule has 0 radical (unpaired) electrons. The van der Waals surface area contributed by atoms with E-state index < -0.39 is 0 Å². The lowest BCUT2D eigenvalue weighted by atomic mass is 10.1. The largest absolute Gasteiger partial charge is 0.378 e. The quantitative estimate of drug-likeness (QED) is 0.594. The third-order valence-corrected chi connectivity index (χ3v) is 3.12. The molecular formula is C12H20N4O. The molecule has 2 rings (SSSR count). The zero-order valence-corrected chi connectivity index (χ0v) is 10.2. The van der Waals surface area contributed by atoms with Crippen LogP contribution in [0.25, 0.3) is 0 Å². The minimum Gasteiger partial charge on any atom is -0.378 e. The van der Waals surface area contributed by atoms with Crippen molar-refractivity contribution in [2.24, 2.45) is 5.84 Å². The van der Waals surface area contributed by atoms with Gasteiger partial charge in [0.25, 0.3) is 0 Å². The second kappa shape index (κ2) is 6.05. The molecule has 1 aromatic heterocycles. The van der Waals surface area contributed by atoms with Gasteiger partial charge in [0, 0.05) is 19.0 Å². The van der Waals surface area contributed by atoms with E-state index in [4.69, 9.17) is 10.6 Å². The summed E-state index contributed by atoms with van der Waals surface area (Å²) in [5.41, 5.74) is 3.84. The normalized spacial score (nSPS) is 21.6. The predicted molar refractivity (Wildman–Crippen MR) is 65.0 cm³/mol. The van der Waals surface area contributed by atoms with Crippen molar-refractivity contribution in [2.75, 3.05) is 6.61 Å². The van der Waals surface area contributed by atoms with Crippen molar-refractivity contribution in [3.05, 3.63) is 23.8 Å². The van der Waals surface area contributed by atoms with E-state index in [-0.39, 0.29) is 6.04 Å². The fourth-order valence-corrected chi connectivity index (χ4v) is 2.09. The Morgan fingerprint density at radius 3 is 2.88 bits per heavy atom. The summed E-state index contributed by atoms with van der Waals surface area (Å²) in [5, 5.41) is 0. The van der Waals surface area contributed by atoms with Crippen LogP contribution in [0.15, 0.2) is 12.4 Å². The van der Waals surface area contributed by atoms with Crippen LogP contribution in [0.5, 0.6) is 0 Å². The molecule has 0 saturated carbocycles. The van der Waals surface area contributed by atoms with Gasteiger partial charge >= 0.3 is 0 Å². The van der Waals surface area contributed by atoms with Crippen molar-refractivity contribution in [3.63, 3.8) is 0 Å². The first kappa shape index (κ1) is 12.4. The van der Waals surface area contributed by atoms with Crippen LogP contribution in [0, 0.1) is 6.92 Å². The van der Waals surface area contributed by atoms with E-state index in [1.165, 1.54) is 6.42 Å². The molecule has 2 atom stereocenters. The van der Waals surface area contributed by atoms with Gasteiger partial charge in [-0.05, 0) is 38.2 Å². The van der Waals surface area contributed by atoms with E-state index >= 15 is 0 Å². The first-order chi connectivity index (χ1) is 8.29. The molecule has 1 saturated heterocycles. The molecule has 1 aliphatic heterocycles. The van der Waals surface area contributed by atoms with Crippen LogP contribution in [-0.2, 0) is 4.74 Å². The number of aromatic nitrogens is 2. The molecule has 0 bridgehead atoms. The van der Waals surface area contributed by atoms with E-state index in [0.29, 0.717) is 6.10 Å². The maximum absolute atomic E-state index is 5.59. The summed E-state index contributed by atoms with van der Waals surface area (Å²) in [6.45, 7) is 2.87. The lowest BCUT2D eigenvalue weighted by molar-refractivity contribution is 0.0993. The molecule has 2 heterocycles. The first-order valence-electron chi connectivity index (χ1n) is 6.16. The predicted octanol–water partition coefficient (Wildman–Crippen LogP) is 1.25. The fourth-order valence-electron chi connectivity index (χ4n) is 2.09. The van der Waals surface area contributed by atoms with Crippen LogP contribution >= 0.6 is 0 Å². The Bertz CT molecular complexity index is 335. The van der Waals surface area contributed by atoms with Crippen LogP contribution in [0.2, 0.25) is 0 Å². The minimum atomic E-state index is 0.0137. The topological polar surface area (TPSA) is 73.1 Å². The number of aryl methyl sites for hydroxylation is 1. The zero-order chi connectivity index (χ0) is 12.1.